The Balaban J connectivity index is -0.000000815. The fraction of sp³-hybridized carbons (Fsp3) is 0.712. The first kappa shape index (κ1) is 71.6. The number of benzene rings is 1. The van der Waals surface area contributed by atoms with E-state index in [1.807, 2.05) is 83.0 Å². The highest BCUT2D eigenvalue weighted by molar-refractivity contribution is 7.25. The maximum atomic E-state index is 11.7. The van der Waals surface area contributed by atoms with E-state index < -0.39 is 0 Å². The molecule has 7 atom stereocenters. The van der Waals surface area contributed by atoms with E-state index in [9.17, 15) is 24.0 Å². The Morgan fingerprint density at radius 1 is 0.714 bits per heavy atom. The summed E-state index contributed by atoms with van der Waals surface area (Å²) >= 11 is 0. The number of aliphatic imine (C=N–C) groups is 1. The van der Waals surface area contributed by atoms with E-state index in [-0.39, 0.29) is 80.2 Å². The third kappa shape index (κ3) is 35.5. The normalized spacial score (nSPS) is 13.6. The van der Waals surface area contributed by atoms with Crippen molar-refractivity contribution < 1.29 is 33.0 Å². The average Bonchev–Trinajstić information content (AvgIpc) is 3.63. The molecule has 0 aliphatic carbocycles. The molecule has 0 amide bonds. The predicted octanol–water partition coefficient (Wildman–Crippen LogP) is 14.1. The molecule has 3 N–H and O–H groups in total. The molecular weight excluding hydrogens is 975 g/mol. The second-order valence-electron chi connectivity index (χ2n) is 23.3. The van der Waals surface area contributed by atoms with Crippen LogP contribution in [0.5, 0.6) is 0 Å². The average molecular weight is 1070 g/mol. The van der Waals surface area contributed by atoms with E-state index >= 15 is 0 Å². The monoisotopic (exact) mass is 1070 g/mol. The van der Waals surface area contributed by atoms with Gasteiger partial charge in [-0.05, 0) is 112 Å². The lowest BCUT2D eigenvalue weighted by Gasteiger charge is -2.28. The number of guanidine groups is 1. The van der Waals surface area contributed by atoms with Gasteiger partial charge in [-0.25, -0.2) is 9.73 Å². The SMILES string of the molecule is CC(=O)C(CCCCP=N)C(C)(C)C.CC(=O)C(Cc1ccccc1)C(C)(C)C.CC(=O)CC(C)(C)C.CC(C)(C)C(CCCN=C(N)N=P)C(=O)OP.CC(C)(C)C(Cc1cncn1P)C(=O)OP. The maximum Gasteiger partial charge on any atom is 0.311 e. The number of hydrogen-bond donors (Lipinski definition) is 2. The van der Waals surface area contributed by atoms with Gasteiger partial charge >= 0.3 is 11.9 Å². The molecule has 0 fully saturated rings. The lowest BCUT2D eigenvalue weighted by Crippen LogP contribution is -2.31. The molecule has 2 rings (SSSR count). The number of carbonyl (C=O) groups excluding carboxylic acids is 5. The highest BCUT2D eigenvalue weighted by atomic mass is 31.1. The van der Waals surface area contributed by atoms with Gasteiger partial charge in [0.25, 0.3) is 0 Å². The maximum absolute atomic E-state index is 11.7. The summed E-state index contributed by atoms with van der Waals surface area (Å²) in [4.78, 5) is 64.8. The van der Waals surface area contributed by atoms with Gasteiger partial charge in [0, 0.05) is 49.3 Å². The van der Waals surface area contributed by atoms with Crippen molar-refractivity contribution in [3.05, 3.63) is 54.1 Å². The van der Waals surface area contributed by atoms with Crippen LogP contribution in [0.25, 0.3) is 0 Å². The second kappa shape index (κ2) is 35.5. The highest BCUT2D eigenvalue weighted by Crippen LogP contribution is 2.34. The molecule has 2 aromatic rings. The van der Waals surface area contributed by atoms with Gasteiger partial charge in [-0.2, -0.15) is 0 Å². The molecule has 0 spiro atoms. The van der Waals surface area contributed by atoms with Crippen LogP contribution in [0.4, 0.5) is 0 Å². The Labute approximate surface area is 435 Å². The number of rotatable bonds is 18. The molecule has 18 heteroatoms. The van der Waals surface area contributed by atoms with Crippen molar-refractivity contribution >= 4 is 81.0 Å². The summed E-state index contributed by atoms with van der Waals surface area (Å²) in [6.07, 6.45) is 11.2. The zero-order valence-electron chi connectivity index (χ0n) is 46.3. The van der Waals surface area contributed by atoms with Crippen molar-refractivity contribution in [2.75, 3.05) is 12.7 Å². The number of carbonyl (C=O) groups is 5. The molecule has 400 valence electrons. The van der Waals surface area contributed by atoms with Gasteiger partial charge in [0.2, 0.25) is 5.96 Å². The minimum absolute atomic E-state index is 0.0433. The number of hydrogen-bond acceptors (Lipinski definition) is 10. The molecule has 1 heterocycles. The minimum atomic E-state index is -0.205. The van der Waals surface area contributed by atoms with Crippen LogP contribution in [0.15, 0.2) is 52.6 Å². The van der Waals surface area contributed by atoms with Gasteiger partial charge in [-0.15, -0.1) is 0 Å². The van der Waals surface area contributed by atoms with Gasteiger partial charge in [0.05, 0.1) is 37.1 Å². The van der Waals surface area contributed by atoms with Crippen molar-refractivity contribution in [3.8, 4) is 0 Å². The third-order valence-corrected chi connectivity index (χ3v) is 12.9. The second-order valence-corrected chi connectivity index (χ2v) is 25.3. The number of nitrogens with one attached hydrogen (secondary N) is 1. The standard InChI is InChI=1S/C14H20O.C11H22NOP.C10H21N3O2P2.C10H18N2O2P2.C7H14O/c1-11(15)13(14(2,3)4)10-12-8-6-5-7-9-12;1-9(13)10(11(2,3)4)7-5-6-8-14-12;1-10(2,3)7(8(14)15-17)5-4-6-12-9(11)13-16;1-10(2,3)8(9(13)14-16)4-7-5-11-6-12(7)15;1-6(8)5-7(2,3)4/h5-9,13H,10H2,1-4H3;10,12H,5-8H2,1-4H3;7,16H,4-6,17H2,1-3H3,(H2,11,12);5-6,8H,4,15-16H2,1-3H3;5H2,1-4H3. The lowest BCUT2D eigenvalue weighted by molar-refractivity contribution is -0.142. The number of Topliss-reactive ketones (excluding diaryl/α,β-unsaturated/α-hetero) is 3. The molecular formula is C52H95N6O7P5. The summed E-state index contributed by atoms with van der Waals surface area (Å²) < 4.78 is 14.9. The van der Waals surface area contributed by atoms with Gasteiger partial charge in [0.1, 0.15) is 17.3 Å². The number of imidazole rings is 1. The first-order valence-corrected chi connectivity index (χ1v) is 27.0. The zero-order valence-corrected chi connectivity index (χ0v) is 51.7. The Hall–Kier alpha value is -2.66. The molecule has 1 aromatic heterocycles. The summed E-state index contributed by atoms with van der Waals surface area (Å²) in [5, 5.41) is 7.00. The molecule has 0 aliphatic heterocycles. The number of nitrogens with two attached hydrogens (primary N) is 1. The van der Waals surface area contributed by atoms with Crippen molar-refractivity contribution in [3.63, 3.8) is 0 Å². The Kier molecular flexibility index (Phi) is 36.3. The van der Waals surface area contributed by atoms with Crippen molar-refractivity contribution in [2.45, 2.75) is 176 Å². The minimum Gasteiger partial charge on any atom is -0.451 e. The smallest absolute Gasteiger partial charge is 0.311 e. The van der Waals surface area contributed by atoms with Crippen LogP contribution in [0.1, 0.15) is 174 Å². The van der Waals surface area contributed by atoms with Crippen LogP contribution in [0, 0.1) is 55.9 Å². The first-order chi connectivity index (χ1) is 31.9. The van der Waals surface area contributed by atoms with Crippen LogP contribution in [0.2, 0.25) is 0 Å². The fourth-order valence-electron chi connectivity index (χ4n) is 7.48. The number of nitrogens with zero attached hydrogens (tertiary/aromatic N) is 4. The van der Waals surface area contributed by atoms with Crippen LogP contribution in [-0.2, 0) is 45.9 Å². The molecule has 0 bridgehead atoms. The molecule has 7 unspecified atom stereocenters. The number of aromatic nitrogens is 2. The molecule has 0 radical (unpaired) electrons. The molecule has 1 aromatic carbocycles. The summed E-state index contributed by atoms with van der Waals surface area (Å²) in [6, 6.07) is 10.2. The van der Waals surface area contributed by atoms with Crippen LogP contribution in [0.3, 0.4) is 0 Å². The van der Waals surface area contributed by atoms with Gasteiger partial charge in [-0.1, -0.05) is 141 Å². The van der Waals surface area contributed by atoms with E-state index in [1.54, 1.807) is 33.3 Å². The predicted molar refractivity (Wildman–Crippen MR) is 306 cm³/mol. The van der Waals surface area contributed by atoms with Gasteiger partial charge in [-0.3, -0.25) is 29.3 Å². The summed E-state index contributed by atoms with van der Waals surface area (Å²) in [5.74, 6) is 0.642. The summed E-state index contributed by atoms with van der Waals surface area (Å²) in [6.45, 7) is 36.7. The number of ketones is 3. The molecule has 0 saturated heterocycles. The summed E-state index contributed by atoms with van der Waals surface area (Å²) in [7, 11) is 10.2. The highest BCUT2D eigenvalue weighted by Gasteiger charge is 2.34. The van der Waals surface area contributed by atoms with Gasteiger partial charge < -0.3 is 23.9 Å². The Morgan fingerprint density at radius 2 is 1.17 bits per heavy atom. The third-order valence-electron chi connectivity index (χ3n) is 11.2. The van der Waals surface area contributed by atoms with Crippen LogP contribution < -0.4 is 5.73 Å². The van der Waals surface area contributed by atoms with E-state index in [1.165, 1.54) is 5.56 Å². The quantitative estimate of drug-likeness (QED) is 0.0631. The van der Waals surface area contributed by atoms with E-state index in [0.29, 0.717) is 25.2 Å². The van der Waals surface area contributed by atoms with Crippen molar-refractivity contribution in [2.24, 2.45) is 66.2 Å². The van der Waals surface area contributed by atoms with E-state index in [4.69, 9.17) is 19.9 Å². The van der Waals surface area contributed by atoms with Gasteiger partial charge in [0.15, 0.2) is 0 Å². The van der Waals surface area contributed by atoms with Crippen molar-refractivity contribution in [1.82, 2.24) is 9.32 Å². The Morgan fingerprint density at radius 3 is 1.51 bits per heavy atom. The van der Waals surface area contributed by atoms with E-state index in [0.717, 1.165) is 58.8 Å². The Bertz CT molecular complexity index is 1890. The van der Waals surface area contributed by atoms with E-state index in [2.05, 4.69) is 108 Å². The van der Waals surface area contributed by atoms with Crippen LogP contribution >= 0.6 is 45.7 Å². The zero-order chi connectivity index (χ0) is 55.3. The molecule has 70 heavy (non-hydrogen) atoms. The first-order valence-electron chi connectivity index (χ1n) is 24.0. The summed E-state index contributed by atoms with van der Waals surface area (Å²) in [5.41, 5.74) is 7.69. The number of unbranched alkanes of at least 4 members (excludes halogenated alkanes) is 1. The van der Waals surface area contributed by atoms with Crippen LogP contribution in [-0.4, -0.2) is 57.3 Å². The molecule has 0 aliphatic rings. The molecule has 13 nitrogen and oxygen atoms in total. The van der Waals surface area contributed by atoms with Crippen molar-refractivity contribution in [1.29, 1.82) is 5.16 Å². The fourth-order valence-corrected chi connectivity index (χ4v) is 8.51. The largest absolute Gasteiger partial charge is 0.451 e. The topological polar surface area (TPSA) is 196 Å². The molecule has 0 saturated carbocycles. The lowest BCUT2D eigenvalue weighted by atomic mass is 9.75.